The Labute approximate surface area is 110 Å². The molecule has 2 atom stereocenters. The van der Waals surface area contributed by atoms with Gasteiger partial charge in [-0.25, -0.2) is 4.98 Å². The van der Waals surface area contributed by atoms with Crippen molar-refractivity contribution < 1.29 is 0 Å². The van der Waals surface area contributed by atoms with Crippen molar-refractivity contribution in [3.63, 3.8) is 0 Å². The molecule has 2 unspecified atom stereocenters. The van der Waals surface area contributed by atoms with Crippen LogP contribution >= 0.6 is 11.3 Å². The van der Waals surface area contributed by atoms with E-state index in [-0.39, 0.29) is 5.41 Å². The third kappa shape index (κ3) is 3.78. The van der Waals surface area contributed by atoms with Gasteiger partial charge in [0.2, 0.25) is 0 Å². The monoisotopic (exact) mass is 254 g/mol. The van der Waals surface area contributed by atoms with E-state index >= 15 is 0 Å². The summed E-state index contributed by atoms with van der Waals surface area (Å²) >= 11 is 1.79. The van der Waals surface area contributed by atoms with Crippen molar-refractivity contribution in [2.75, 3.05) is 6.54 Å². The molecule has 2 nitrogen and oxygen atoms in total. The molecule has 0 saturated heterocycles. The number of nitrogens with one attached hydrogen (secondary N) is 1. The highest BCUT2D eigenvalue weighted by molar-refractivity contribution is 7.09. The van der Waals surface area contributed by atoms with Gasteiger partial charge < -0.3 is 5.32 Å². The van der Waals surface area contributed by atoms with Crippen molar-refractivity contribution >= 4 is 11.3 Å². The van der Waals surface area contributed by atoms with Crippen LogP contribution < -0.4 is 5.32 Å². The molecule has 0 saturated carbocycles. The second-order valence-corrected chi connectivity index (χ2v) is 6.63. The van der Waals surface area contributed by atoms with Crippen molar-refractivity contribution in [1.82, 2.24) is 10.3 Å². The van der Waals surface area contributed by atoms with E-state index in [0.717, 1.165) is 6.54 Å². The quantitative estimate of drug-likeness (QED) is 0.854. The number of hydrogen-bond donors (Lipinski definition) is 1. The number of thiazole rings is 1. The molecule has 0 amide bonds. The van der Waals surface area contributed by atoms with Crippen LogP contribution in [0.15, 0.2) is 5.38 Å². The fourth-order valence-corrected chi connectivity index (χ4v) is 3.01. The minimum atomic E-state index is 0.154. The molecule has 0 aliphatic rings. The lowest BCUT2D eigenvalue weighted by molar-refractivity contribution is 0.381. The SMILES string of the molecule is CCNC(c1nc(C(C)(C)C)cs1)C(C)CC. The molecule has 0 spiro atoms. The van der Waals surface area contributed by atoms with E-state index in [1.165, 1.54) is 17.1 Å². The van der Waals surface area contributed by atoms with E-state index < -0.39 is 0 Å². The Bertz CT molecular complexity index is 338. The molecule has 0 fully saturated rings. The Kier molecular flexibility index (Phi) is 5.14. The molecule has 3 heteroatoms. The van der Waals surface area contributed by atoms with Gasteiger partial charge in [-0.05, 0) is 12.5 Å². The van der Waals surface area contributed by atoms with E-state index in [4.69, 9.17) is 4.98 Å². The first kappa shape index (κ1) is 14.7. The first-order valence-corrected chi connectivity index (χ1v) is 7.47. The van der Waals surface area contributed by atoms with E-state index in [9.17, 15) is 0 Å². The topological polar surface area (TPSA) is 24.9 Å². The van der Waals surface area contributed by atoms with Crippen LogP contribution in [0.3, 0.4) is 0 Å². The van der Waals surface area contributed by atoms with Crippen LogP contribution in [0.5, 0.6) is 0 Å². The van der Waals surface area contributed by atoms with Crippen molar-refractivity contribution in [2.24, 2.45) is 5.92 Å². The van der Waals surface area contributed by atoms with Gasteiger partial charge in [0.25, 0.3) is 0 Å². The van der Waals surface area contributed by atoms with Crippen LogP contribution in [0.4, 0.5) is 0 Å². The highest BCUT2D eigenvalue weighted by atomic mass is 32.1. The first-order chi connectivity index (χ1) is 7.90. The molecule has 1 heterocycles. The average molecular weight is 254 g/mol. The Morgan fingerprint density at radius 2 is 2.00 bits per heavy atom. The first-order valence-electron chi connectivity index (χ1n) is 6.59. The zero-order chi connectivity index (χ0) is 13.1. The van der Waals surface area contributed by atoms with Gasteiger partial charge in [0, 0.05) is 10.8 Å². The molecule has 0 radical (unpaired) electrons. The smallest absolute Gasteiger partial charge is 0.110 e. The third-order valence-corrected chi connectivity index (χ3v) is 4.12. The summed E-state index contributed by atoms with van der Waals surface area (Å²) < 4.78 is 0. The zero-order valence-electron chi connectivity index (χ0n) is 12.0. The number of rotatable bonds is 5. The van der Waals surface area contributed by atoms with Crippen LogP contribution in [-0.2, 0) is 5.41 Å². The van der Waals surface area contributed by atoms with E-state index in [0.29, 0.717) is 12.0 Å². The van der Waals surface area contributed by atoms with Gasteiger partial charge in [-0.15, -0.1) is 11.3 Å². The maximum atomic E-state index is 4.83. The summed E-state index contributed by atoms with van der Waals surface area (Å²) in [6, 6.07) is 0.408. The van der Waals surface area contributed by atoms with Crippen LogP contribution in [-0.4, -0.2) is 11.5 Å². The summed E-state index contributed by atoms with van der Waals surface area (Å²) in [6.45, 7) is 14.4. The van der Waals surface area contributed by atoms with Crippen LogP contribution in [0.2, 0.25) is 0 Å². The van der Waals surface area contributed by atoms with Gasteiger partial charge in [-0.1, -0.05) is 48.0 Å². The van der Waals surface area contributed by atoms with E-state index in [1.54, 1.807) is 11.3 Å². The number of aromatic nitrogens is 1. The largest absolute Gasteiger partial charge is 0.308 e. The molecule has 1 N–H and O–H groups in total. The summed E-state index contributed by atoms with van der Waals surface area (Å²) in [7, 11) is 0. The van der Waals surface area contributed by atoms with Crippen molar-refractivity contribution in [3.05, 3.63) is 16.1 Å². The molecule has 0 aromatic carbocycles. The van der Waals surface area contributed by atoms with Crippen LogP contribution in [0, 0.1) is 5.92 Å². The third-order valence-electron chi connectivity index (χ3n) is 3.19. The highest BCUT2D eigenvalue weighted by Crippen LogP contribution is 2.30. The lowest BCUT2D eigenvalue weighted by Crippen LogP contribution is -2.26. The highest BCUT2D eigenvalue weighted by Gasteiger charge is 2.23. The van der Waals surface area contributed by atoms with Crippen molar-refractivity contribution in [2.45, 2.75) is 59.4 Å². The molecule has 0 aliphatic carbocycles. The predicted molar refractivity (Wildman–Crippen MR) is 76.7 cm³/mol. The van der Waals surface area contributed by atoms with Crippen molar-refractivity contribution in [3.8, 4) is 0 Å². The zero-order valence-corrected chi connectivity index (χ0v) is 12.8. The Hall–Kier alpha value is -0.410. The second-order valence-electron chi connectivity index (χ2n) is 5.74. The fraction of sp³-hybridized carbons (Fsp3) is 0.786. The maximum Gasteiger partial charge on any atom is 0.110 e. The Morgan fingerprint density at radius 3 is 2.41 bits per heavy atom. The molecule has 1 aromatic heterocycles. The lowest BCUT2D eigenvalue weighted by atomic mass is 9.93. The second kappa shape index (κ2) is 5.96. The summed E-state index contributed by atoms with van der Waals surface area (Å²) in [5, 5.41) is 7.01. The Balaban J connectivity index is 2.92. The Morgan fingerprint density at radius 1 is 1.35 bits per heavy atom. The van der Waals surface area contributed by atoms with Gasteiger partial charge in [0.15, 0.2) is 0 Å². The number of nitrogens with zero attached hydrogens (tertiary/aromatic N) is 1. The summed E-state index contributed by atoms with van der Waals surface area (Å²) in [4.78, 5) is 4.83. The standard InChI is InChI=1S/C14H26N2S/c1-7-10(3)12(15-8-2)13-16-11(9-17-13)14(4,5)6/h9-10,12,15H,7-8H2,1-6H3. The van der Waals surface area contributed by atoms with Gasteiger partial charge in [0.1, 0.15) is 5.01 Å². The molecule has 1 rings (SSSR count). The molecular weight excluding hydrogens is 228 g/mol. The normalized spacial score (nSPS) is 15.9. The van der Waals surface area contributed by atoms with Crippen molar-refractivity contribution in [1.29, 1.82) is 0 Å². The van der Waals surface area contributed by atoms with Gasteiger partial charge in [-0.3, -0.25) is 0 Å². The summed E-state index contributed by atoms with van der Waals surface area (Å²) in [5.41, 5.74) is 1.37. The van der Waals surface area contributed by atoms with Crippen LogP contribution in [0.25, 0.3) is 0 Å². The molecule has 98 valence electrons. The average Bonchev–Trinajstić information content (AvgIpc) is 2.73. The van der Waals surface area contributed by atoms with Gasteiger partial charge in [0.05, 0.1) is 11.7 Å². The molecular formula is C14H26N2S. The van der Waals surface area contributed by atoms with E-state index in [2.05, 4.69) is 52.2 Å². The fourth-order valence-electron chi connectivity index (χ4n) is 1.76. The van der Waals surface area contributed by atoms with Gasteiger partial charge >= 0.3 is 0 Å². The minimum absolute atomic E-state index is 0.154. The molecule has 17 heavy (non-hydrogen) atoms. The van der Waals surface area contributed by atoms with Crippen LogP contribution in [0.1, 0.15) is 64.7 Å². The van der Waals surface area contributed by atoms with E-state index in [1.807, 2.05) is 0 Å². The summed E-state index contributed by atoms with van der Waals surface area (Å²) in [5.74, 6) is 0.633. The molecule has 1 aromatic rings. The lowest BCUT2D eigenvalue weighted by Gasteiger charge is -2.22. The van der Waals surface area contributed by atoms with Gasteiger partial charge in [-0.2, -0.15) is 0 Å². The molecule has 0 aliphatic heterocycles. The summed E-state index contributed by atoms with van der Waals surface area (Å²) in [6.07, 6.45) is 1.18. The predicted octanol–water partition coefficient (Wildman–Crippen LogP) is 4.14. The minimum Gasteiger partial charge on any atom is -0.308 e. The maximum absolute atomic E-state index is 4.83. The number of hydrogen-bond acceptors (Lipinski definition) is 3. The molecule has 0 bridgehead atoms.